The van der Waals surface area contributed by atoms with Crippen LogP contribution in [0, 0.1) is 5.92 Å². The number of benzene rings is 2. The van der Waals surface area contributed by atoms with Gasteiger partial charge in [-0.15, -0.1) is 11.8 Å². The fraction of sp³-hybridized carbons (Fsp3) is 0.333. The summed E-state index contributed by atoms with van der Waals surface area (Å²) in [6, 6.07) is 13.3. The third-order valence-corrected chi connectivity index (χ3v) is 4.69. The lowest BCUT2D eigenvalue weighted by Crippen LogP contribution is -2.35. The minimum absolute atomic E-state index is 0.131. The first-order valence-corrected chi connectivity index (χ1v) is 9.02. The van der Waals surface area contributed by atoms with E-state index < -0.39 is 29.7 Å². The molecule has 2 rings (SSSR count). The summed E-state index contributed by atoms with van der Waals surface area (Å²) in [7, 11) is 0. The molecule has 0 bridgehead atoms. The zero-order chi connectivity index (χ0) is 19.2. The van der Waals surface area contributed by atoms with Crippen LogP contribution in [0.4, 0.5) is 13.2 Å². The van der Waals surface area contributed by atoms with Gasteiger partial charge in [-0.2, -0.15) is 13.2 Å². The second kappa shape index (κ2) is 8.93. The minimum atomic E-state index is -4.33. The average Bonchev–Trinajstić information content (AvgIpc) is 2.57. The van der Waals surface area contributed by atoms with Crippen LogP contribution in [-0.4, -0.2) is 41.2 Å². The van der Waals surface area contributed by atoms with Gasteiger partial charge in [-0.05, 0) is 22.8 Å². The lowest BCUT2D eigenvalue weighted by Gasteiger charge is -2.14. The van der Waals surface area contributed by atoms with Crippen molar-refractivity contribution in [3.63, 3.8) is 0 Å². The molecule has 0 aliphatic rings. The first-order valence-electron chi connectivity index (χ1n) is 7.86. The predicted molar refractivity (Wildman–Crippen MR) is 95.2 cm³/mol. The van der Waals surface area contributed by atoms with E-state index in [1.165, 1.54) is 0 Å². The molecule has 0 heterocycles. The molecule has 0 fully saturated rings. The summed E-state index contributed by atoms with van der Waals surface area (Å²) in [5, 5.41) is 13.8. The zero-order valence-electron chi connectivity index (χ0n) is 13.8. The maximum atomic E-state index is 12.0. The number of carbonyl (C=O) groups is 2. The molecule has 2 N–H and O–H groups in total. The molecule has 26 heavy (non-hydrogen) atoms. The maximum Gasteiger partial charge on any atom is 0.397 e. The van der Waals surface area contributed by atoms with E-state index in [4.69, 9.17) is 0 Å². The Morgan fingerprint density at radius 1 is 1.12 bits per heavy atom. The quantitative estimate of drug-likeness (QED) is 0.730. The van der Waals surface area contributed by atoms with Gasteiger partial charge in [0.05, 0.1) is 17.4 Å². The molecule has 0 aromatic heterocycles. The molecule has 0 saturated heterocycles. The van der Waals surface area contributed by atoms with E-state index in [0.29, 0.717) is 11.8 Å². The summed E-state index contributed by atoms with van der Waals surface area (Å²) in [6.45, 7) is -0.131. The Morgan fingerprint density at radius 3 is 2.46 bits per heavy atom. The number of amides is 1. The zero-order valence-corrected chi connectivity index (χ0v) is 14.6. The van der Waals surface area contributed by atoms with Crippen molar-refractivity contribution in [3.8, 4) is 0 Å². The molecule has 1 amide bonds. The van der Waals surface area contributed by atoms with E-state index in [9.17, 15) is 27.9 Å². The van der Waals surface area contributed by atoms with Crippen LogP contribution in [0.3, 0.4) is 0 Å². The average molecular weight is 385 g/mol. The van der Waals surface area contributed by atoms with E-state index in [-0.39, 0.29) is 18.7 Å². The topological polar surface area (TPSA) is 66.4 Å². The van der Waals surface area contributed by atoms with Crippen LogP contribution in [0.1, 0.15) is 5.56 Å². The molecule has 4 nitrogen and oxygen atoms in total. The molecular formula is C18H18F3NO3S. The molecule has 0 radical (unpaired) electrons. The number of carboxylic acid groups (broad SMARTS) is 1. The second-order valence-electron chi connectivity index (χ2n) is 5.83. The highest BCUT2D eigenvalue weighted by Crippen LogP contribution is 2.21. The van der Waals surface area contributed by atoms with Gasteiger partial charge in [0.1, 0.15) is 0 Å². The molecule has 1 atom stereocenters. The number of fused-ring (bicyclic) bond motifs is 1. The number of hydrogen-bond acceptors (Lipinski definition) is 3. The highest BCUT2D eigenvalue weighted by atomic mass is 32.2. The number of carbonyl (C=O) groups excluding carboxylic acids is 1. The Bertz CT molecular complexity index is 780. The summed E-state index contributed by atoms with van der Waals surface area (Å²) in [6.07, 6.45) is -4.11. The normalized spacial score (nSPS) is 12.7. The van der Waals surface area contributed by atoms with E-state index in [2.05, 4.69) is 5.32 Å². The van der Waals surface area contributed by atoms with Crippen LogP contribution in [0.5, 0.6) is 0 Å². The van der Waals surface area contributed by atoms with E-state index in [1.807, 2.05) is 42.5 Å². The van der Waals surface area contributed by atoms with Crippen molar-refractivity contribution in [3.05, 3.63) is 48.0 Å². The third-order valence-electron chi connectivity index (χ3n) is 3.69. The van der Waals surface area contributed by atoms with Gasteiger partial charge in [-0.25, -0.2) is 0 Å². The van der Waals surface area contributed by atoms with Gasteiger partial charge in [0.15, 0.2) is 0 Å². The van der Waals surface area contributed by atoms with Crippen molar-refractivity contribution in [2.24, 2.45) is 5.92 Å². The Morgan fingerprint density at radius 2 is 1.81 bits per heavy atom. The van der Waals surface area contributed by atoms with Crippen LogP contribution in [-0.2, 0) is 16.0 Å². The Hall–Kier alpha value is -2.22. The molecule has 0 aliphatic heterocycles. The summed E-state index contributed by atoms with van der Waals surface area (Å²) < 4.78 is 36.1. The number of thioether (sulfide) groups is 1. The van der Waals surface area contributed by atoms with Crippen LogP contribution in [0.25, 0.3) is 10.8 Å². The van der Waals surface area contributed by atoms with Crippen LogP contribution >= 0.6 is 11.8 Å². The van der Waals surface area contributed by atoms with Crippen molar-refractivity contribution in [2.45, 2.75) is 12.6 Å². The molecule has 0 spiro atoms. The van der Waals surface area contributed by atoms with E-state index in [0.717, 1.165) is 16.3 Å². The van der Waals surface area contributed by atoms with Gasteiger partial charge in [0, 0.05) is 6.54 Å². The molecule has 2 aromatic rings. The molecule has 140 valence electrons. The monoisotopic (exact) mass is 385 g/mol. The van der Waals surface area contributed by atoms with Crippen molar-refractivity contribution in [2.75, 3.05) is 18.1 Å². The van der Waals surface area contributed by atoms with Crippen LogP contribution in [0.15, 0.2) is 42.5 Å². The summed E-state index contributed by atoms with van der Waals surface area (Å²) in [4.78, 5) is 23.0. The van der Waals surface area contributed by atoms with Gasteiger partial charge in [0.25, 0.3) is 0 Å². The summed E-state index contributed by atoms with van der Waals surface area (Å²) in [5.41, 5.74) is 0.816. The first-order chi connectivity index (χ1) is 12.2. The van der Waals surface area contributed by atoms with Crippen molar-refractivity contribution in [1.29, 1.82) is 0 Å². The van der Waals surface area contributed by atoms with E-state index >= 15 is 0 Å². The van der Waals surface area contributed by atoms with Gasteiger partial charge in [0.2, 0.25) is 5.91 Å². The maximum absolute atomic E-state index is 12.0. The SMILES string of the molecule is O=C(CSCC(F)(F)F)NCC(Cc1ccc2ccccc2c1)C(=O)O. The second-order valence-corrected chi connectivity index (χ2v) is 6.82. The lowest BCUT2D eigenvalue weighted by molar-refractivity contribution is -0.141. The smallest absolute Gasteiger partial charge is 0.397 e. The van der Waals surface area contributed by atoms with Gasteiger partial charge < -0.3 is 10.4 Å². The van der Waals surface area contributed by atoms with Crippen molar-refractivity contribution < 1.29 is 27.9 Å². The highest BCUT2D eigenvalue weighted by molar-refractivity contribution is 8.00. The summed E-state index contributed by atoms with van der Waals surface area (Å²) >= 11 is 0.449. The number of rotatable bonds is 8. The first kappa shape index (κ1) is 20.1. The van der Waals surface area contributed by atoms with Crippen molar-refractivity contribution >= 4 is 34.4 Å². The molecule has 0 aliphatic carbocycles. The molecule has 0 saturated carbocycles. The number of hydrogen-bond donors (Lipinski definition) is 2. The largest absolute Gasteiger partial charge is 0.481 e. The summed E-state index contributed by atoms with van der Waals surface area (Å²) in [5.74, 6) is -4.00. The van der Waals surface area contributed by atoms with Gasteiger partial charge in [-0.3, -0.25) is 9.59 Å². The third kappa shape index (κ3) is 6.59. The molecule has 1 unspecified atom stereocenters. The fourth-order valence-corrected chi connectivity index (χ4v) is 3.07. The highest BCUT2D eigenvalue weighted by Gasteiger charge is 2.27. The number of aliphatic carboxylic acids is 1. The molecule has 2 aromatic carbocycles. The van der Waals surface area contributed by atoms with Gasteiger partial charge >= 0.3 is 12.1 Å². The minimum Gasteiger partial charge on any atom is -0.481 e. The van der Waals surface area contributed by atoms with Crippen LogP contribution < -0.4 is 5.32 Å². The fourth-order valence-electron chi connectivity index (χ4n) is 2.44. The Labute approximate surface area is 152 Å². The lowest BCUT2D eigenvalue weighted by atomic mass is 9.97. The van der Waals surface area contributed by atoms with E-state index in [1.54, 1.807) is 0 Å². The molecule has 8 heteroatoms. The number of alkyl halides is 3. The number of nitrogens with one attached hydrogen (secondary N) is 1. The predicted octanol–water partition coefficient (Wildman–Crippen LogP) is 3.49. The van der Waals surface area contributed by atoms with Crippen LogP contribution in [0.2, 0.25) is 0 Å². The molecular weight excluding hydrogens is 367 g/mol. The Kier molecular flexibility index (Phi) is 6.90. The van der Waals surface area contributed by atoms with Crippen molar-refractivity contribution in [1.82, 2.24) is 5.32 Å². The van der Waals surface area contributed by atoms with Gasteiger partial charge in [-0.1, -0.05) is 42.5 Å². The Balaban J connectivity index is 1.89. The standard InChI is InChI=1S/C18H18F3NO3S/c19-18(20,21)11-26-10-16(23)22-9-15(17(24)25)8-12-5-6-13-3-1-2-4-14(13)7-12/h1-7,15H,8-11H2,(H,22,23)(H,24,25). The number of carboxylic acids is 1. The number of halogens is 3.